The molecule has 0 spiro atoms. The highest BCUT2D eigenvalue weighted by atomic mass is 32.2. The summed E-state index contributed by atoms with van der Waals surface area (Å²) in [5.74, 6) is 0.184. The molecule has 1 fully saturated rings. The normalized spacial score (nSPS) is 28.0. The van der Waals surface area contributed by atoms with Gasteiger partial charge in [0, 0.05) is 12.1 Å². The Balaban J connectivity index is 2.58. The Labute approximate surface area is 99.2 Å². The number of hydrogen-bond donors (Lipinski definition) is 2. The fraction of sp³-hybridized carbons (Fsp3) is 1.00. The largest absolute Gasteiger partial charge is 0.313 e. The minimum absolute atomic E-state index is 0.0427. The molecule has 0 aliphatic carbocycles. The lowest BCUT2D eigenvalue weighted by atomic mass is 10.0. The summed E-state index contributed by atoms with van der Waals surface area (Å²) in [4.78, 5) is 0. The van der Waals surface area contributed by atoms with E-state index < -0.39 is 10.0 Å². The van der Waals surface area contributed by atoms with Gasteiger partial charge >= 0.3 is 0 Å². The molecular formula is C11H24N2O2S. The molecule has 0 bridgehead atoms. The standard InChI is InChI=1S/C11H24N2O2S/c1-9-10(6-5-7-12-9)13-16(14,15)8-11(2,3)4/h9-10,12-13H,5-8H2,1-4H3. The van der Waals surface area contributed by atoms with Gasteiger partial charge in [0.15, 0.2) is 0 Å². The topological polar surface area (TPSA) is 58.2 Å². The molecule has 1 aliphatic rings. The number of rotatable bonds is 3. The van der Waals surface area contributed by atoms with Gasteiger partial charge in [0.2, 0.25) is 10.0 Å². The van der Waals surface area contributed by atoms with Gasteiger partial charge in [0.25, 0.3) is 0 Å². The Kier molecular flexibility index (Phi) is 4.37. The minimum Gasteiger partial charge on any atom is -0.313 e. The molecule has 96 valence electrons. The maximum atomic E-state index is 11.9. The summed E-state index contributed by atoms with van der Waals surface area (Å²) in [6, 6.07) is 0.268. The van der Waals surface area contributed by atoms with Crippen LogP contribution < -0.4 is 10.0 Å². The van der Waals surface area contributed by atoms with Crippen molar-refractivity contribution >= 4 is 10.0 Å². The lowest BCUT2D eigenvalue weighted by Gasteiger charge is -2.31. The van der Waals surface area contributed by atoms with E-state index in [1.165, 1.54) is 0 Å². The van der Waals surface area contributed by atoms with E-state index in [0.29, 0.717) is 0 Å². The van der Waals surface area contributed by atoms with E-state index in [-0.39, 0.29) is 23.3 Å². The van der Waals surface area contributed by atoms with Crippen molar-refractivity contribution in [1.29, 1.82) is 0 Å². The van der Waals surface area contributed by atoms with Gasteiger partial charge in [-0.05, 0) is 31.7 Å². The Morgan fingerprint density at radius 1 is 1.38 bits per heavy atom. The molecular weight excluding hydrogens is 224 g/mol. The third kappa shape index (κ3) is 4.80. The van der Waals surface area contributed by atoms with Gasteiger partial charge in [0.05, 0.1) is 5.75 Å². The van der Waals surface area contributed by atoms with Crippen molar-refractivity contribution in [3.8, 4) is 0 Å². The van der Waals surface area contributed by atoms with Gasteiger partial charge in [-0.1, -0.05) is 20.8 Å². The molecule has 1 saturated heterocycles. The molecule has 0 aromatic heterocycles. The molecule has 1 aliphatic heterocycles. The molecule has 0 aromatic carbocycles. The Bertz CT molecular complexity index is 319. The number of piperidine rings is 1. The molecule has 5 heteroatoms. The SMILES string of the molecule is CC1NCCCC1NS(=O)(=O)CC(C)(C)C. The predicted octanol–water partition coefficient (Wildman–Crippen LogP) is 1.09. The number of hydrogen-bond acceptors (Lipinski definition) is 3. The molecule has 0 aromatic rings. The molecule has 2 unspecified atom stereocenters. The fourth-order valence-electron chi connectivity index (χ4n) is 2.05. The van der Waals surface area contributed by atoms with E-state index >= 15 is 0 Å². The van der Waals surface area contributed by atoms with Crippen molar-refractivity contribution in [3.05, 3.63) is 0 Å². The minimum atomic E-state index is -3.16. The molecule has 0 saturated carbocycles. The highest BCUT2D eigenvalue weighted by Crippen LogP contribution is 2.17. The first-order valence-electron chi connectivity index (χ1n) is 5.93. The summed E-state index contributed by atoms with van der Waals surface area (Å²) in [5.41, 5.74) is -0.197. The maximum absolute atomic E-state index is 11.9. The summed E-state index contributed by atoms with van der Waals surface area (Å²) >= 11 is 0. The first-order valence-corrected chi connectivity index (χ1v) is 7.58. The quantitative estimate of drug-likeness (QED) is 0.786. The maximum Gasteiger partial charge on any atom is 0.212 e. The van der Waals surface area contributed by atoms with Crippen LogP contribution in [0.5, 0.6) is 0 Å². The Morgan fingerprint density at radius 2 is 2.00 bits per heavy atom. The number of nitrogens with one attached hydrogen (secondary N) is 2. The van der Waals surface area contributed by atoms with Gasteiger partial charge in [-0.2, -0.15) is 0 Å². The smallest absolute Gasteiger partial charge is 0.212 e. The molecule has 1 heterocycles. The summed E-state index contributed by atoms with van der Waals surface area (Å²) in [7, 11) is -3.16. The summed E-state index contributed by atoms with van der Waals surface area (Å²) in [6.07, 6.45) is 1.96. The first kappa shape index (κ1) is 13.9. The number of sulfonamides is 1. The molecule has 1 rings (SSSR count). The van der Waals surface area contributed by atoms with E-state index in [4.69, 9.17) is 0 Å². The molecule has 0 radical (unpaired) electrons. The zero-order valence-electron chi connectivity index (χ0n) is 10.7. The molecule has 2 N–H and O–H groups in total. The van der Waals surface area contributed by atoms with Crippen molar-refractivity contribution in [2.75, 3.05) is 12.3 Å². The second-order valence-corrected chi connectivity index (χ2v) is 7.68. The van der Waals surface area contributed by atoms with Crippen molar-refractivity contribution in [1.82, 2.24) is 10.0 Å². The van der Waals surface area contributed by atoms with Gasteiger partial charge in [-0.3, -0.25) is 0 Å². The Hall–Kier alpha value is -0.130. The average Bonchev–Trinajstić information content (AvgIpc) is 2.04. The van der Waals surface area contributed by atoms with E-state index in [9.17, 15) is 8.42 Å². The van der Waals surface area contributed by atoms with Crippen LogP contribution in [0.2, 0.25) is 0 Å². The molecule has 4 nitrogen and oxygen atoms in total. The van der Waals surface area contributed by atoms with Crippen LogP contribution in [0.1, 0.15) is 40.5 Å². The monoisotopic (exact) mass is 248 g/mol. The van der Waals surface area contributed by atoms with Crippen LogP contribution in [0.4, 0.5) is 0 Å². The third-order valence-corrected chi connectivity index (χ3v) is 4.62. The van der Waals surface area contributed by atoms with E-state index in [1.54, 1.807) is 0 Å². The summed E-state index contributed by atoms with van der Waals surface area (Å²) < 4.78 is 26.7. The van der Waals surface area contributed by atoms with Crippen molar-refractivity contribution in [2.24, 2.45) is 5.41 Å². The van der Waals surface area contributed by atoms with Crippen molar-refractivity contribution < 1.29 is 8.42 Å². The van der Waals surface area contributed by atoms with Crippen LogP contribution in [0.15, 0.2) is 0 Å². The van der Waals surface area contributed by atoms with Crippen molar-refractivity contribution in [2.45, 2.75) is 52.6 Å². The lowest BCUT2D eigenvalue weighted by molar-refractivity contribution is 0.346. The first-order chi connectivity index (χ1) is 7.20. The van der Waals surface area contributed by atoms with Gasteiger partial charge in [-0.25, -0.2) is 13.1 Å². The van der Waals surface area contributed by atoms with Gasteiger partial charge < -0.3 is 5.32 Å². The van der Waals surface area contributed by atoms with Crippen LogP contribution >= 0.6 is 0 Å². The molecule has 16 heavy (non-hydrogen) atoms. The van der Waals surface area contributed by atoms with Crippen LogP contribution in [-0.2, 0) is 10.0 Å². The fourth-order valence-corrected chi connectivity index (χ4v) is 4.05. The van der Waals surface area contributed by atoms with Crippen LogP contribution in [0.3, 0.4) is 0 Å². The second kappa shape index (κ2) is 5.02. The zero-order chi connectivity index (χ0) is 12.4. The molecule has 2 atom stereocenters. The lowest BCUT2D eigenvalue weighted by Crippen LogP contribution is -2.52. The third-order valence-electron chi connectivity index (χ3n) is 2.72. The average molecular weight is 248 g/mol. The van der Waals surface area contributed by atoms with Crippen molar-refractivity contribution in [3.63, 3.8) is 0 Å². The zero-order valence-corrected chi connectivity index (χ0v) is 11.5. The predicted molar refractivity (Wildman–Crippen MR) is 66.9 cm³/mol. The highest BCUT2D eigenvalue weighted by Gasteiger charge is 2.28. The van der Waals surface area contributed by atoms with Gasteiger partial charge in [-0.15, -0.1) is 0 Å². The molecule has 0 amide bonds. The van der Waals surface area contributed by atoms with Crippen LogP contribution in [-0.4, -0.2) is 32.8 Å². The van der Waals surface area contributed by atoms with Crippen LogP contribution in [0.25, 0.3) is 0 Å². The second-order valence-electron chi connectivity index (χ2n) is 5.93. The van der Waals surface area contributed by atoms with E-state index in [0.717, 1.165) is 19.4 Å². The summed E-state index contributed by atoms with van der Waals surface area (Å²) in [6.45, 7) is 8.83. The van der Waals surface area contributed by atoms with E-state index in [1.807, 2.05) is 27.7 Å². The Morgan fingerprint density at radius 3 is 2.50 bits per heavy atom. The van der Waals surface area contributed by atoms with Gasteiger partial charge in [0.1, 0.15) is 0 Å². The summed E-state index contributed by atoms with van der Waals surface area (Å²) in [5, 5.41) is 3.29. The highest BCUT2D eigenvalue weighted by molar-refractivity contribution is 7.89. The van der Waals surface area contributed by atoms with Crippen LogP contribution in [0, 0.1) is 5.41 Å². The van der Waals surface area contributed by atoms with E-state index in [2.05, 4.69) is 10.0 Å².